The highest BCUT2D eigenvalue weighted by molar-refractivity contribution is 6.08. The van der Waals surface area contributed by atoms with Gasteiger partial charge in [0.05, 0.1) is 18.7 Å². The van der Waals surface area contributed by atoms with Crippen LogP contribution >= 0.6 is 0 Å². The molecule has 6 nitrogen and oxygen atoms in total. The van der Waals surface area contributed by atoms with Crippen molar-refractivity contribution < 1.29 is 14.3 Å². The van der Waals surface area contributed by atoms with Crippen LogP contribution in [0.25, 0.3) is 10.9 Å². The third-order valence-corrected chi connectivity index (χ3v) is 4.79. The van der Waals surface area contributed by atoms with Gasteiger partial charge in [-0.2, -0.15) is 0 Å². The highest BCUT2D eigenvalue weighted by Gasteiger charge is 2.31. The molecule has 0 spiro atoms. The number of carbonyl (C=O) groups excluding carboxylic acids is 2. The Morgan fingerprint density at radius 3 is 2.67 bits per heavy atom. The second-order valence-electron chi connectivity index (χ2n) is 6.64. The van der Waals surface area contributed by atoms with Crippen LogP contribution < -0.4 is 5.32 Å². The van der Waals surface area contributed by atoms with Gasteiger partial charge >= 0.3 is 0 Å². The molecule has 1 fully saturated rings. The van der Waals surface area contributed by atoms with E-state index in [2.05, 4.69) is 10.3 Å². The summed E-state index contributed by atoms with van der Waals surface area (Å²) in [6.45, 7) is 2.93. The standard InChI is InChI=1S/C21H21N3O3/c1-14-19(16-9-5-6-10-17(16)22-14)21(26)24-11-12-27-18(13-24)20(25)23-15-7-3-2-4-8-15/h2-10,18,22H,11-13H2,1H3,(H,23,25)/t18-/m0/s1. The van der Waals surface area contributed by atoms with Crippen LogP contribution in [0.1, 0.15) is 16.1 Å². The molecule has 2 aromatic carbocycles. The van der Waals surface area contributed by atoms with Crippen LogP contribution in [0, 0.1) is 6.92 Å². The number of rotatable bonds is 3. The van der Waals surface area contributed by atoms with Crippen molar-refractivity contribution in [2.75, 3.05) is 25.0 Å². The average molecular weight is 363 g/mol. The van der Waals surface area contributed by atoms with Crippen molar-refractivity contribution in [3.63, 3.8) is 0 Å². The summed E-state index contributed by atoms with van der Waals surface area (Å²) in [6.07, 6.45) is -0.687. The maximum absolute atomic E-state index is 13.1. The normalized spacial score (nSPS) is 17.1. The second kappa shape index (κ2) is 7.25. The Morgan fingerprint density at radius 1 is 1.11 bits per heavy atom. The number of hydrogen-bond donors (Lipinski definition) is 2. The van der Waals surface area contributed by atoms with Crippen molar-refractivity contribution in [2.24, 2.45) is 0 Å². The zero-order chi connectivity index (χ0) is 18.8. The number of amides is 2. The summed E-state index contributed by atoms with van der Waals surface area (Å²) >= 11 is 0. The smallest absolute Gasteiger partial charge is 0.256 e. The van der Waals surface area contributed by atoms with Crippen molar-refractivity contribution in [3.05, 3.63) is 65.9 Å². The molecular formula is C21H21N3O3. The lowest BCUT2D eigenvalue weighted by Gasteiger charge is -2.32. The molecule has 2 amide bonds. The molecule has 27 heavy (non-hydrogen) atoms. The first-order chi connectivity index (χ1) is 13.1. The van der Waals surface area contributed by atoms with Crippen molar-refractivity contribution in [3.8, 4) is 0 Å². The fraction of sp³-hybridized carbons (Fsp3) is 0.238. The summed E-state index contributed by atoms with van der Waals surface area (Å²) in [5.41, 5.74) is 3.14. The van der Waals surface area contributed by atoms with Crippen LogP contribution in [-0.2, 0) is 9.53 Å². The Morgan fingerprint density at radius 2 is 1.85 bits per heavy atom. The van der Waals surface area contributed by atoms with Crippen LogP contribution in [0.4, 0.5) is 5.69 Å². The van der Waals surface area contributed by atoms with E-state index in [0.717, 1.165) is 16.6 Å². The summed E-state index contributed by atoms with van der Waals surface area (Å²) in [7, 11) is 0. The highest BCUT2D eigenvalue weighted by atomic mass is 16.5. The minimum Gasteiger partial charge on any atom is -0.365 e. The fourth-order valence-corrected chi connectivity index (χ4v) is 3.45. The number of hydrogen-bond acceptors (Lipinski definition) is 3. The van der Waals surface area contributed by atoms with Gasteiger partial charge in [-0.1, -0.05) is 36.4 Å². The van der Waals surface area contributed by atoms with E-state index >= 15 is 0 Å². The van der Waals surface area contributed by atoms with Crippen LogP contribution in [0.2, 0.25) is 0 Å². The number of benzene rings is 2. The summed E-state index contributed by atoms with van der Waals surface area (Å²) < 4.78 is 5.61. The maximum Gasteiger partial charge on any atom is 0.256 e. The Bertz CT molecular complexity index is 981. The van der Waals surface area contributed by atoms with Gasteiger partial charge in [0.15, 0.2) is 6.10 Å². The van der Waals surface area contributed by atoms with Crippen LogP contribution in [0.5, 0.6) is 0 Å². The number of anilines is 1. The van der Waals surface area contributed by atoms with Crippen LogP contribution in [-0.4, -0.2) is 47.5 Å². The van der Waals surface area contributed by atoms with E-state index in [9.17, 15) is 9.59 Å². The predicted molar refractivity (Wildman–Crippen MR) is 104 cm³/mol. The molecule has 6 heteroatoms. The Kier molecular flexibility index (Phi) is 4.64. The third-order valence-electron chi connectivity index (χ3n) is 4.79. The molecule has 0 saturated carbocycles. The Hall–Kier alpha value is -3.12. The van der Waals surface area contributed by atoms with Crippen molar-refractivity contribution in [1.29, 1.82) is 0 Å². The number of para-hydroxylation sites is 2. The highest BCUT2D eigenvalue weighted by Crippen LogP contribution is 2.24. The monoisotopic (exact) mass is 363 g/mol. The lowest BCUT2D eigenvalue weighted by Crippen LogP contribution is -2.50. The summed E-state index contributed by atoms with van der Waals surface area (Å²) in [5.74, 6) is -0.319. The zero-order valence-electron chi connectivity index (χ0n) is 15.1. The molecule has 1 atom stereocenters. The third kappa shape index (κ3) is 3.44. The summed E-state index contributed by atoms with van der Waals surface area (Å²) in [4.78, 5) is 30.6. The number of aryl methyl sites for hydroxylation is 1. The predicted octanol–water partition coefficient (Wildman–Crippen LogP) is 2.96. The molecule has 0 aliphatic carbocycles. The molecule has 4 rings (SSSR count). The van der Waals surface area contributed by atoms with Crippen molar-refractivity contribution >= 4 is 28.4 Å². The van der Waals surface area contributed by atoms with E-state index < -0.39 is 6.10 Å². The Labute approximate surface area is 157 Å². The number of nitrogens with zero attached hydrogens (tertiary/aromatic N) is 1. The number of nitrogens with one attached hydrogen (secondary N) is 2. The molecule has 1 aliphatic heterocycles. The van der Waals surface area contributed by atoms with Crippen molar-refractivity contribution in [2.45, 2.75) is 13.0 Å². The molecule has 1 saturated heterocycles. The van der Waals surface area contributed by atoms with Crippen LogP contribution in [0.3, 0.4) is 0 Å². The Balaban J connectivity index is 1.51. The van der Waals surface area contributed by atoms with E-state index in [0.29, 0.717) is 24.4 Å². The van der Waals surface area contributed by atoms with E-state index in [1.165, 1.54) is 0 Å². The second-order valence-corrected chi connectivity index (χ2v) is 6.64. The SMILES string of the molecule is Cc1[nH]c2ccccc2c1C(=O)N1CCO[C@H](C(=O)Nc2ccccc2)C1. The van der Waals surface area contributed by atoms with Gasteiger partial charge in [0.2, 0.25) is 0 Å². The number of fused-ring (bicyclic) bond motifs is 1. The molecule has 2 heterocycles. The molecule has 0 radical (unpaired) electrons. The molecule has 1 aliphatic rings. The van der Waals surface area contributed by atoms with Gasteiger partial charge in [-0.3, -0.25) is 9.59 Å². The lowest BCUT2D eigenvalue weighted by molar-refractivity contribution is -0.131. The maximum atomic E-state index is 13.1. The average Bonchev–Trinajstić information content (AvgIpc) is 3.04. The zero-order valence-corrected chi connectivity index (χ0v) is 15.1. The van der Waals surface area contributed by atoms with Gasteiger partial charge in [-0.05, 0) is 25.1 Å². The number of ether oxygens (including phenoxy) is 1. The molecule has 138 valence electrons. The van der Waals surface area contributed by atoms with Gasteiger partial charge in [0.1, 0.15) is 0 Å². The number of carbonyl (C=O) groups is 2. The van der Waals surface area contributed by atoms with E-state index in [1.54, 1.807) is 4.90 Å². The first kappa shape index (κ1) is 17.3. The largest absolute Gasteiger partial charge is 0.365 e. The minimum absolute atomic E-state index is 0.0780. The topological polar surface area (TPSA) is 74.4 Å². The molecule has 0 bridgehead atoms. The first-order valence-electron chi connectivity index (χ1n) is 8.97. The van der Waals surface area contributed by atoms with Gasteiger partial charge in [0, 0.05) is 28.8 Å². The van der Waals surface area contributed by atoms with E-state index in [1.807, 2.05) is 61.5 Å². The molecule has 0 unspecified atom stereocenters. The number of aromatic nitrogens is 1. The fourth-order valence-electron chi connectivity index (χ4n) is 3.45. The van der Waals surface area contributed by atoms with E-state index in [-0.39, 0.29) is 18.4 Å². The molecular weight excluding hydrogens is 342 g/mol. The summed E-state index contributed by atoms with van der Waals surface area (Å²) in [6, 6.07) is 17.0. The van der Waals surface area contributed by atoms with Gasteiger partial charge in [-0.15, -0.1) is 0 Å². The van der Waals surface area contributed by atoms with Gasteiger partial charge in [0.25, 0.3) is 11.8 Å². The lowest BCUT2D eigenvalue weighted by atomic mass is 10.1. The number of H-pyrrole nitrogens is 1. The number of morpholine rings is 1. The number of aromatic amines is 1. The quantitative estimate of drug-likeness (QED) is 0.751. The van der Waals surface area contributed by atoms with Crippen LogP contribution in [0.15, 0.2) is 54.6 Å². The van der Waals surface area contributed by atoms with Gasteiger partial charge in [-0.25, -0.2) is 0 Å². The van der Waals surface area contributed by atoms with Gasteiger partial charge < -0.3 is 19.9 Å². The molecule has 3 aromatic rings. The first-order valence-corrected chi connectivity index (χ1v) is 8.97. The van der Waals surface area contributed by atoms with E-state index in [4.69, 9.17) is 4.74 Å². The van der Waals surface area contributed by atoms with Crippen molar-refractivity contribution in [1.82, 2.24) is 9.88 Å². The minimum atomic E-state index is -0.687. The molecule has 2 N–H and O–H groups in total. The molecule has 1 aromatic heterocycles. The summed E-state index contributed by atoms with van der Waals surface area (Å²) in [5, 5.41) is 3.74.